The minimum Gasteiger partial charge on any atom is -0.471 e. The van der Waals surface area contributed by atoms with Gasteiger partial charge in [-0.2, -0.15) is 8.78 Å². The Morgan fingerprint density at radius 2 is 1.96 bits per heavy atom. The summed E-state index contributed by atoms with van der Waals surface area (Å²) < 4.78 is 35.6. The minimum absolute atomic E-state index is 0.0241. The third-order valence-electron chi connectivity index (χ3n) is 3.62. The second kappa shape index (κ2) is 7.20. The van der Waals surface area contributed by atoms with Crippen molar-refractivity contribution in [3.63, 3.8) is 0 Å². The lowest BCUT2D eigenvalue weighted by molar-refractivity contribution is 0.116. The number of nitrogens with zero attached hydrogens (tertiary/aromatic N) is 5. The van der Waals surface area contributed by atoms with Crippen molar-refractivity contribution in [1.82, 2.24) is 25.1 Å². The molecule has 136 valence electrons. The number of hydrogen-bond acceptors (Lipinski definition) is 7. The van der Waals surface area contributed by atoms with Crippen LogP contribution in [0.4, 0.5) is 8.78 Å². The molecule has 0 unspecified atom stereocenters. The molecule has 27 heavy (non-hydrogen) atoms. The molecule has 0 atom stereocenters. The van der Waals surface area contributed by atoms with Gasteiger partial charge in [-0.05, 0) is 30.3 Å². The van der Waals surface area contributed by atoms with E-state index in [9.17, 15) is 8.78 Å². The summed E-state index contributed by atoms with van der Waals surface area (Å²) >= 11 is 5.96. The first-order chi connectivity index (χ1) is 13.1. The minimum atomic E-state index is -2.82. The molecule has 3 aromatic heterocycles. The number of ether oxygens (including phenoxy) is 1. The lowest BCUT2D eigenvalue weighted by Crippen LogP contribution is -2.00. The Hall–Kier alpha value is -3.20. The van der Waals surface area contributed by atoms with E-state index in [0.717, 1.165) is 5.39 Å². The number of rotatable bonds is 5. The Morgan fingerprint density at radius 1 is 1.07 bits per heavy atom. The Labute approximate surface area is 156 Å². The van der Waals surface area contributed by atoms with Crippen molar-refractivity contribution in [2.75, 3.05) is 0 Å². The van der Waals surface area contributed by atoms with Gasteiger partial charge in [-0.3, -0.25) is 4.98 Å². The van der Waals surface area contributed by atoms with Crippen molar-refractivity contribution < 1.29 is 17.9 Å². The second-order valence-electron chi connectivity index (χ2n) is 5.41. The maximum atomic E-state index is 12.5. The lowest BCUT2D eigenvalue weighted by atomic mass is 10.2. The number of fused-ring (bicyclic) bond motifs is 1. The van der Waals surface area contributed by atoms with Gasteiger partial charge >= 0.3 is 6.43 Å². The van der Waals surface area contributed by atoms with Crippen molar-refractivity contribution in [2.45, 2.75) is 13.0 Å². The van der Waals surface area contributed by atoms with E-state index in [0.29, 0.717) is 27.7 Å². The first-order valence-electron chi connectivity index (χ1n) is 7.70. The molecule has 1 aromatic carbocycles. The molecular formula is C17H10ClF2N5O2. The molecule has 0 saturated carbocycles. The first kappa shape index (κ1) is 17.2. The molecule has 7 nitrogen and oxygen atoms in total. The Morgan fingerprint density at radius 3 is 2.70 bits per heavy atom. The smallest absolute Gasteiger partial charge is 0.314 e. The molecular weight excluding hydrogens is 380 g/mol. The molecule has 4 aromatic rings. The van der Waals surface area contributed by atoms with E-state index in [-0.39, 0.29) is 12.5 Å². The van der Waals surface area contributed by atoms with Gasteiger partial charge in [0.25, 0.3) is 5.89 Å². The van der Waals surface area contributed by atoms with E-state index in [1.807, 2.05) is 0 Å². The molecule has 10 heteroatoms. The van der Waals surface area contributed by atoms with Gasteiger partial charge in [-0.25, -0.2) is 9.97 Å². The van der Waals surface area contributed by atoms with Crippen LogP contribution in [0.15, 0.2) is 47.3 Å². The van der Waals surface area contributed by atoms with Crippen LogP contribution in [0, 0.1) is 0 Å². The van der Waals surface area contributed by atoms with Crippen LogP contribution in [0.1, 0.15) is 18.0 Å². The van der Waals surface area contributed by atoms with E-state index in [2.05, 4.69) is 25.1 Å². The highest BCUT2D eigenvalue weighted by Gasteiger charge is 2.17. The van der Waals surface area contributed by atoms with Gasteiger partial charge in [0.05, 0.1) is 22.2 Å². The Balaban J connectivity index is 1.49. The van der Waals surface area contributed by atoms with E-state index in [4.69, 9.17) is 20.8 Å². The molecule has 0 aliphatic rings. The van der Waals surface area contributed by atoms with Gasteiger partial charge in [-0.15, -0.1) is 10.2 Å². The predicted octanol–water partition coefficient (Wildman–Crippen LogP) is 4.24. The summed E-state index contributed by atoms with van der Waals surface area (Å²) in [5.41, 5.74) is 1.70. The van der Waals surface area contributed by atoms with Crippen molar-refractivity contribution in [1.29, 1.82) is 0 Å². The van der Waals surface area contributed by atoms with E-state index >= 15 is 0 Å². The summed E-state index contributed by atoms with van der Waals surface area (Å²) in [6.07, 6.45) is 0.0180. The maximum absolute atomic E-state index is 12.5. The van der Waals surface area contributed by atoms with Crippen LogP contribution in [0.25, 0.3) is 22.4 Å². The van der Waals surface area contributed by atoms with Crippen LogP contribution in [0.5, 0.6) is 5.88 Å². The van der Waals surface area contributed by atoms with Gasteiger partial charge in [-0.1, -0.05) is 11.6 Å². The highest BCUT2D eigenvalue weighted by atomic mass is 35.5. The fourth-order valence-electron chi connectivity index (χ4n) is 2.34. The summed E-state index contributed by atoms with van der Waals surface area (Å²) in [6.45, 7) is 0.154. The number of hydrogen-bond donors (Lipinski definition) is 0. The van der Waals surface area contributed by atoms with Gasteiger partial charge in [0, 0.05) is 11.2 Å². The molecule has 0 bridgehead atoms. The topological polar surface area (TPSA) is 86.8 Å². The largest absolute Gasteiger partial charge is 0.471 e. The standard InChI is InChI=1S/C17H10ClF2N5O2/c18-10-2-4-12-13(5-10)22-8-23-16(12)26-7-11-3-1-9(6-21-11)15-24-25-17(27-15)14(19)20/h1-6,8,14H,7H2. The summed E-state index contributed by atoms with van der Waals surface area (Å²) in [6, 6.07) is 8.52. The van der Waals surface area contributed by atoms with E-state index in [1.54, 1.807) is 30.3 Å². The summed E-state index contributed by atoms with van der Waals surface area (Å²) in [5.74, 6) is -0.349. The highest BCUT2D eigenvalue weighted by molar-refractivity contribution is 6.31. The number of halogens is 3. The SMILES string of the molecule is FC(F)c1nnc(-c2ccc(COc3ncnc4cc(Cl)ccc34)nc2)o1. The van der Waals surface area contributed by atoms with Crippen LogP contribution in [0.3, 0.4) is 0 Å². The molecule has 0 N–H and O–H groups in total. The summed E-state index contributed by atoms with van der Waals surface area (Å²) in [4.78, 5) is 12.5. The molecule has 0 amide bonds. The molecule has 0 radical (unpaired) electrons. The summed E-state index contributed by atoms with van der Waals surface area (Å²) in [7, 11) is 0. The van der Waals surface area contributed by atoms with Crippen LogP contribution in [-0.4, -0.2) is 25.1 Å². The fraction of sp³-hybridized carbons (Fsp3) is 0.118. The van der Waals surface area contributed by atoms with E-state index in [1.165, 1.54) is 12.5 Å². The van der Waals surface area contributed by atoms with Gasteiger partial charge in [0.1, 0.15) is 12.9 Å². The average molecular weight is 390 g/mol. The zero-order chi connectivity index (χ0) is 18.8. The maximum Gasteiger partial charge on any atom is 0.314 e. The Bertz CT molecular complexity index is 1090. The predicted molar refractivity (Wildman–Crippen MR) is 91.4 cm³/mol. The fourth-order valence-corrected chi connectivity index (χ4v) is 2.50. The number of benzene rings is 1. The zero-order valence-corrected chi connectivity index (χ0v) is 14.3. The van der Waals surface area contributed by atoms with Crippen LogP contribution < -0.4 is 4.74 Å². The molecule has 4 rings (SSSR count). The zero-order valence-electron chi connectivity index (χ0n) is 13.5. The van der Waals surface area contributed by atoms with Crippen molar-refractivity contribution in [3.05, 3.63) is 59.5 Å². The number of alkyl halides is 2. The molecule has 0 aliphatic heterocycles. The average Bonchev–Trinajstić information content (AvgIpc) is 3.17. The van der Waals surface area contributed by atoms with Crippen molar-refractivity contribution in [3.8, 4) is 17.3 Å². The van der Waals surface area contributed by atoms with Crippen LogP contribution in [-0.2, 0) is 6.61 Å². The molecule has 0 spiro atoms. The number of pyridine rings is 1. The lowest BCUT2D eigenvalue weighted by Gasteiger charge is -2.07. The van der Waals surface area contributed by atoms with Crippen LogP contribution >= 0.6 is 11.6 Å². The second-order valence-corrected chi connectivity index (χ2v) is 5.85. The first-order valence-corrected chi connectivity index (χ1v) is 8.08. The number of aromatic nitrogens is 5. The van der Waals surface area contributed by atoms with Gasteiger partial charge in [0.15, 0.2) is 0 Å². The van der Waals surface area contributed by atoms with Gasteiger partial charge in [0.2, 0.25) is 11.8 Å². The molecule has 0 saturated heterocycles. The third kappa shape index (κ3) is 3.68. The quantitative estimate of drug-likeness (QED) is 0.504. The van der Waals surface area contributed by atoms with Crippen molar-refractivity contribution >= 4 is 22.5 Å². The van der Waals surface area contributed by atoms with Crippen LogP contribution in [0.2, 0.25) is 5.02 Å². The highest BCUT2D eigenvalue weighted by Crippen LogP contribution is 2.25. The molecule has 3 heterocycles. The Kier molecular flexibility index (Phi) is 4.59. The third-order valence-corrected chi connectivity index (χ3v) is 3.85. The monoisotopic (exact) mass is 389 g/mol. The molecule has 0 fully saturated rings. The normalized spacial score (nSPS) is 11.3. The van der Waals surface area contributed by atoms with Crippen molar-refractivity contribution in [2.24, 2.45) is 0 Å². The summed E-state index contributed by atoms with van der Waals surface area (Å²) in [5, 5.41) is 8.16. The van der Waals surface area contributed by atoms with Gasteiger partial charge < -0.3 is 9.15 Å². The molecule has 0 aliphatic carbocycles. The van der Waals surface area contributed by atoms with E-state index < -0.39 is 12.3 Å².